The van der Waals surface area contributed by atoms with Crippen LogP contribution in [0.1, 0.15) is 39.5 Å². The maximum Gasteiger partial charge on any atom is 0.307 e. The van der Waals surface area contributed by atoms with Crippen molar-refractivity contribution >= 4 is 32.7 Å². The lowest BCUT2D eigenvalue weighted by Gasteiger charge is -2.38. The number of nitrogens with one attached hydrogen (secondary N) is 1. The Bertz CT molecular complexity index is 1010. The van der Waals surface area contributed by atoms with Crippen LogP contribution in [0.15, 0.2) is 47.4 Å². The molecule has 2 aromatic carbocycles. The lowest BCUT2D eigenvalue weighted by Crippen LogP contribution is -2.49. The quantitative estimate of drug-likeness (QED) is 0.679. The summed E-state index contributed by atoms with van der Waals surface area (Å²) in [4.78, 5) is 26.3. The van der Waals surface area contributed by atoms with E-state index in [4.69, 9.17) is 4.74 Å². The molecule has 1 heterocycles. The number of amides is 1. The third-order valence-corrected chi connectivity index (χ3v) is 6.95. The molecule has 0 aliphatic carbocycles. The molecule has 8 heteroatoms. The van der Waals surface area contributed by atoms with Crippen LogP contribution in [0.2, 0.25) is 0 Å². The van der Waals surface area contributed by atoms with Crippen molar-refractivity contribution in [1.29, 1.82) is 0 Å². The number of fused-ring (bicyclic) bond motifs is 1. The van der Waals surface area contributed by atoms with Crippen LogP contribution in [-0.2, 0) is 24.3 Å². The second kappa shape index (κ2) is 9.57. The number of hydrogen-bond acceptors (Lipinski definition) is 5. The molecule has 1 N–H and O–H groups in total. The number of carbonyl (C=O) groups is 2. The largest absolute Gasteiger partial charge is 0.456 e. The number of ether oxygens (including phenoxy) is 1. The van der Waals surface area contributed by atoms with E-state index in [1.807, 2.05) is 38.1 Å². The number of esters is 1. The minimum atomic E-state index is -3.74. The highest BCUT2D eigenvalue weighted by atomic mass is 32.2. The number of hydrogen-bond donors (Lipinski definition) is 1. The van der Waals surface area contributed by atoms with Crippen molar-refractivity contribution in [1.82, 2.24) is 9.62 Å². The van der Waals surface area contributed by atoms with Crippen LogP contribution in [0.5, 0.6) is 0 Å². The molecule has 1 saturated heterocycles. The van der Waals surface area contributed by atoms with Crippen LogP contribution in [0.25, 0.3) is 10.8 Å². The van der Waals surface area contributed by atoms with E-state index in [9.17, 15) is 18.0 Å². The van der Waals surface area contributed by atoms with E-state index in [1.54, 1.807) is 17.0 Å². The molecule has 1 fully saturated rings. The summed E-state index contributed by atoms with van der Waals surface area (Å²) in [6, 6.07) is 12.6. The molecule has 0 radical (unpaired) electrons. The molecule has 7 nitrogen and oxygen atoms in total. The van der Waals surface area contributed by atoms with E-state index < -0.39 is 16.0 Å². The minimum Gasteiger partial charge on any atom is -0.456 e. The summed E-state index contributed by atoms with van der Waals surface area (Å²) in [6.07, 6.45) is 2.83. The van der Waals surface area contributed by atoms with Crippen molar-refractivity contribution in [3.8, 4) is 0 Å². The SMILES string of the molecule is CC1CCCC(C)N1C(=O)COC(=O)CCNS(=O)(=O)c1ccc2ccccc2c1. The van der Waals surface area contributed by atoms with E-state index in [1.165, 1.54) is 6.07 Å². The van der Waals surface area contributed by atoms with Gasteiger partial charge in [0.1, 0.15) is 0 Å². The van der Waals surface area contributed by atoms with Gasteiger partial charge >= 0.3 is 5.97 Å². The van der Waals surface area contributed by atoms with Gasteiger partial charge in [0.2, 0.25) is 10.0 Å². The zero-order valence-corrected chi connectivity index (χ0v) is 18.2. The number of nitrogens with zero attached hydrogens (tertiary/aromatic N) is 1. The summed E-state index contributed by atoms with van der Waals surface area (Å²) in [7, 11) is -3.74. The normalized spacial score (nSPS) is 19.6. The number of likely N-dealkylation sites (tertiary alicyclic amines) is 1. The van der Waals surface area contributed by atoms with Gasteiger partial charge in [-0.2, -0.15) is 0 Å². The second-order valence-electron chi connectivity index (χ2n) is 7.75. The van der Waals surface area contributed by atoms with Crippen molar-refractivity contribution in [2.75, 3.05) is 13.2 Å². The van der Waals surface area contributed by atoms with Crippen LogP contribution in [0.4, 0.5) is 0 Å². The van der Waals surface area contributed by atoms with Gasteiger partial charge in [-0.05, 0) is 56.0 Å². The summed E-state index contributed by atoms with van der Waals surface area (Å²) in [5, 5.41) is 1.77. The first kappa shape index (κ1) is 22.2. The fraction of sp³-hybridized carbons (Fsp3) is 0.455. The molecule has 0 saturated carbocycles. The van der Waals surface area contributed by atoms with E-state index in [2.05, 4.69) is 4.72 Å². The Labute approximate surface area is 177 Å². The number of benzene rings is 2. The minimum absolute atomic E-state index is 0.0985. The van der Waals surface area contributed by atoms with Crippen LogP contribution >= 0.6 is 0 Å². The molecular weight excluding hydrogens is 404 g/mol. The predicted octanol–water partition coefficient (Wildman–Crippen LogP) is 2.84. The summed E-state index contributed by atoms with van der Waals surface area (Å²) in [5.74, 6) is -0.818. The number of rotatable bonds is 7. The van der Waals surface area contributed by atoms with Crippen molar-refractivity contribution in [2.24, 2.45) is 0 Å². The Morgan fingerprint density at radius 3 is 2.43 bits per heavy atom. The zero-order valence-electron chi connectivity index (χ0n) is 17.3. The zero-order chi connectivity index (χ0) is 21.7. The molecule has 0 aromatic heterocycles. The van der Waals surface area contributed by atoms with E-state index in [0.29, 0.717) is 0 Å². The first-order chi connectivity index (χ1) is 14.3. The maximum absolute atomic E-state index is 12.5. The summed E-state index contributed by atoms with van der Waals surface area (Å²) in [6.45, 7) is 3.58. The standard InChI is InChI=1S/C22H28N2O5S/c1-16-6-5-7-17(2)24(16)21(25)15-29-22(26)12-13-23-30(27,28)20-11-10-18-8-3-4-9-19(18)14-20/h3-4,8-11,14,16-17,23H,5-7,12-13,15H2,1-2H3. The fourth-order valence-electron chi connectivity index (χ4n) is 3.91. The third-order valence-electron chi connectivity index (χ3n) is 5.49. The molecule has 30 heavy (non-hydrogen) atoms. The Hall–Kier alpha value is -2.45. The summed E-state index contributed by atoms with van der Waals surface area (Å²) < 4.78 is 32.4. The topological polar surface area (TPSA) is 92.8 Å². The lowest BCUT2D eigenvalue weighted by atomic mass is 9.97. The summed E-state index contributed by atoms with van der Waals surface area (Å²) in [5.41, 5.74) is 0. The van der Waals surface area contributed by atoms with E-state index in [0.717, 1.165) is 30.0 Å². The molecule has 1 amide bonds. The average molecular weight is 433 g/mol. The highest BCUT2D eigenvalue weighted by molar-refractivity contribution is 7.89. The fourth-order valence-corrected chi connectivity index (χ4v) is 4.97. The molecule has 2 aromatic rings. The van der Waals surface area contributed by atoms with Crippen molar-refractivity contribution in [3.05, 3.63) is 42.5 Å². The Balaban J connectivity index is 1.48. The highest BCUT2D eigenvalue weighted by Gasteiger charge is 2.29. The van der Waals surface area contributed by atoms with Gasteiger partial charge in [-0.25, -0.2) is 13.1 Å². The Morgan fingerprint density at radius 2 is 1.73 bits per heavy atom. The van der Waals surface area contributed by atoms with Crippen LogP contribution in [0.3, 0.4) is 0 Å². The lowest BCUT2D eigenvalue weighted by molar-refractivity contribution is -0.154. The molecule has 1 aliphatic rings. The van der Waals surface area contributed by atoms with Gasteiger partial charge in [0, 0.05) is 18.6 Å². The Kier molecular flexibility index (Phi) is 7.10. The maximum atomic E-state index is 12.5. The van der Waals surface area contributed by atoms with Gasteiger partial charge in [-0.1, -0.05) is 30.3 Å². The molecule has 1 aliphatic heterocycles. The second-order valence-corrected chi connectivity index (χ2v) is 9.51. The van der Waals surface area contributed by atoms with E-state index in [-0.39, 0.29) is 42.5 Å². The van der Waals surface area contributed by atoms with Gasteiger partial charge in [0.25, 0.3) is 5.91 Å². The highest BCUT2D eigenvalue weighted by Crippen LogP contribution is 2.22. The molecule has 0 bridgehead atoms. The molecule has 0 spiro atoms. The van der Waals surface area contributed by atoms with Gasteiger partial charge in [-0.3, -0.25) is 9.59 Å². The first-order valence-corrected chi connectivity index (χ1v) is 11.7. The van der Waals surface area contributed by atoms with Crippen molar-refractivity contribution in [2.45, 2.75) is 56.5 Å². The number of carbonyl (C=O) groups excluding carboxylic acids is 2. The van der Waals surface area contributed by atoms with Gasteiger partial charge in [0.15, 0.2) is 6.61 Å². The molecule has 3 rings (SSSR count). The smallest absolute Gasteiger partial charge is 0.307 e. The predicted molar refractivity (Wildman–Crippen MR) is 114 cm³/mol. The first-order valence-electron chi connectivity index (χ1n) is 10.2. The molecule has 2 unspecified atom stereocenters. The van der Waals surface area contributed by atoms with Gasteiger partial charge < -0.3 is 9.64 Å². The summed E-state index contributed by atoms with van der Waals surface area (Å²) >= 11 is 0. The van der Waals surface area contributed by atoms with Crippen LogP contribution < -0.4 is 4.72 Å². The number of piperidine rings is 1. The molecule has 162 valence electrons. The monoisotopic (exact) mass is 432 g/mol. The van der Waals surface area contributed by atoms with Crippen LogP contribution in [-0.4, -0.2) is 50.4 Å². The number of sulfonamides is 1. The van der Waals surface area contributed by atoms with Crippen LogP contribution in [0, 0.1) is 0 Å². The third kappa shape index (κ3) is 5.37. The molecular formula is C22H28N2O5S. The van der Waals surface area contributed by atoms with Gasteiger partial charge in [0.05, 0.1) is 11.3 Å². The Morgan fingerprint density at radius 1 is 1.07 bits per heavy atom. The van der Waals surface area contributed by atoms with Crippen molar-refractivity contribution < 1.29 is 22.7 Å². The van der Waals surface area contributed by atoms with E-state index >= 15 is 0 Å². The molecule has 2 atom stereocenters. The van der Waals surface area contributed by atoms with Crippen molar-refractivity contribution in [3.63, 3.8) is 0 Å². The van der Waals surface area contributed by atoms with Gasteiger partial charge in [-0.15, -0.1) is 0 Å². The average Bonchev–Trinajstić information content (AvgIpc) is 2.71.